The Morgan fingerprint density at radius 2 is 1.72 bits per heavy atom. The van der Waals surface area contributed by atoms with Crippen LogP contribution < -0.4 is 10.6 Å². The molecule has 0 unspecified atom stereocenters. The summed E-state index contributed by atoms with van der Waals surface area (Å²) in [6.45, 7) is 9.73. The van der Waals surface area contributed by atoms with Crippen LogP contribution in [0, 0.1) is 0 Å². The third-order valence-electron chi connectivity index (χ3n) is 4.40. The fourth-order valence-electron chi connectivity index (χ4n) is 2.79. The molecule has 6 heteroatoms. The number of benzene rings is 1. The Kier molecular flexibility index (Phi) is 7.40. The number of carbonyl (C=O) groups is 2. The molecule has 0 aliphatic carbocycles. The lowest BCUT2D eigenvalue weighted by molar-refractivity contribution is -0.132. The molecule has 0 radical (unpaired) electrons. The number of aryl methyl sites for hydroxylation is 1. The van der Waals surface area contributed by atoms with Crippen LogP contribution in [0.2, 0.25) is 0 Å². The van der Waals surface area contributed by atoms with E-state index in [2.05, 4.69) is 22.5 Å². The average Bonchev–Trinajstić information content (AvgIpc) is 2.61. The van der Waals surface area contributed by atoms with Crippen molar-refractivity contribution >= 4 is 17.5 Å². The number of nitrogens with zero attached hydrogens (tertiary/aromatic N) is 2. The van der Waals surface area contributed by atoms with Gasteiger partial charge in [0.2, 0.25) is 11.8 Å². The van der Waals surface area contributed by atoms with Gasteiger partial charge in [0.25, 0.3) is 0 Å². The number of hydrogen-bond donors (Lipinski definition) is 2. The van der Waals surface area contributed by atoms with Gasteiger partial charge in [0.1, 0.15) is 0 Å². The van der Waals surface area contributed by atoms with E-state index in [1.807, 2.05) is 43.0 Å². The Bertz CT molecular complexity index is 563. The van der Waals surface area contributed by atoms with Crippen LogP contribution >= 0.6 is 0 Å². The summed E-state index contributed by atoms with van der Waals surface area (Å²) in [5.41, 5.74) is 2.08. The first-order chi connectivity index (χ1) is 12.0. The van der Waals surface area contributed by atoms with E-state index >= 15 is 0 Å². The second-order valence-electron chi connectivity index (χ2n) is 6.79. The van der Waals surface area contributed by atoms with E-state index in [0.717, 1.165) is 25.2 Å². The van der Waals surface area contributed by atoms with Gasteiger partial charge in [-0.2, -0.15) is 0 Å². The number of nitrogens with one attached hydrogen (secondary N) is 2. The normalized spacial score (nSPS) is 15.4. The summed E-state index contributed by atoms with van der Waals surface area (Å²) in [4.78, 5) is 28.2. The number of hydrogen-bond acceptors (Lipinski definition) is 4. The van der Waals surface area contributed by atoms with Crippen molar-refractivity contribution in [1.29, 1.82) is 0 Å². The zero-order valence-electron chi connectivity index (χ0n) is 15.5. The quantitative estimate of drug-likeness (QED) is 0.782. The predicted molar refractivity (Wildman–Crippen MR) is 101 cm³/mol. The Balaban J connectivity index is 1.71. The highest BCUT2D eigenvalue weighted by atomic mass is 16.2. The van der Waals surface area contributed by atoms with Gasteiger partial charge >= 0.3 is 0 Å². The van der Waals surface area contributed by atoms with Crippen LogP contribution in [-0.4, -0.2) is 66.9 Å². The van der Waals surface area contributed by atoms with E-state index in [1.54, 1.807) is 0 Å². The lowest BCUT2D eigenvalue weighted by Gasteiger charge is -2.34. The number of piperazine rings is 1. The summed E-state index contributed by atoms with van der Waals surface area (Å²) < 4.78 is 0. The molecule has 2 rings (SSSR count). The SMILES string of the molecule is CCc1ccc(NC(=O)CN2CCN(C(=O)CNC(C)C)CC2)cc1. The van der Waals surface area contributed by atoms with Crippen molar-refractivity contribution in [2.24, 2.45) is 0 Å². The van der Waals surface area contributed by atoms with Crippen LogP contribution in [-0.2, 0) is 16.0 Å². The van der Waals surface area contributed by atoms with E-state index in [9.17, 15) is 9.59 Å². The Hall–Kier alpha value is -1.92. The van der Waals surface area contributed by atoms with E-state index in [0.29, 0.717) is 32.2 Å². The molecule has 1 saturated heterocycles. The molecule has 138 valence electrons. The van der Waals surface area contributed by atoms with Gasteiger partial charge < -0.3 is 15.5 Å². The average molecular weight is 346 g/mol. The molecule has 1 heterocycles. The van der Waals surface area contributed by atoms with E-state index in [4.69, 9.17) is 0 Å². The molecule has 2 amide bonds. The molecule has 0 atom stereocenters. The molecule has 25 heavy (non-hydrogen) atoms. The van der Waals surface area contributed by atoms with Crippen LogP contribution in [0.3, 0.4) is 0 Å². The highest BCUT2D eigenvalue weighted by molar-refractivity contribution is 5.92. The summed E-state index contributed by atoms with van der Waals surface area (Å²) in [6, 6.07) is 8.25. The van der Waals surface area contributed by atoms with Gasteiger partial charge in [0, 0.05) is 37.9 Å². The summed E-state index contributed by atoms with van der Waals surface area (Å²) in [7, 11) is 0. The third kappa shape index (κ3) is 6.48. The van der Waals surface area contributed by atoms with Gasteiger partial charge in [-0.25, -0.2) is 0 Å². The first-order valence-corrected chi connectivity index (χ1v) is 9.10. The lowest BCUT2D eigenvalue weighted by atomic mass is 10.1. The maximum absolute atomic E-state index is 12.2. The Morgan fingerprint density at radius 3 is 2.28 bits per heavy atom. The molecule has 0 aromatic heterocycles. The summed E-state index contributed by atoms with van der Waals surface area (Å²) >= 11 is 0. The fraction of sp³-hybridized carbons (Fsp3) is 0.579. The highest BCUT2D eigenvalue weighted by Gasteiger charge is 2.22. The maximum Gasteiger partial charge on any atom is 0.238 e. The lowest BCUT2D eigenvalue weighted by Crippen LogP contribution is -2.52. The van der Waals surface area contributed by atoms with E-state index in [1.165, 1.54) is 5.56 Å². The van der Waals surface area contributed by atoms with Gasteiger partial charge in [0.05, 0.1) is 13.1 Å². The molecule has 1 aromatic rings. The van der Waals surface area contributed by atoms with Crippen LogP contribution in [0.25, 0.3) is 0 Å². The summed E-state index contributed by atoms with van der Waals surface area (Å²) in [5.74, 6) is 0.124. The molecular weight excluding hydrogens is 316 g/mol. The highest BCUT2D eigenvalue weighted by Crippen LogP contribution is 2.10. The van der Waals surface area contributed by atoms with Gasteiger partial charge in [-0.15, -0.1) is 0 Å². The topological polar surface area (TPSA) is 64.7 Å². The minimum atomic E-state index is -0.00880. The fourth-order valence-corrected chi connectivity index (χ4v) is 2.79. The van der Waals surface area contributed by atoms with Crippen molar-refractivity contribution < 1.29 is 9.59 Å². The Labute approximate surface area is 150 Å². The van der Waals surface area contributed by atoms with Crippen LogP contribution in [0.5, 0.6) is 0 Å². The number of anilines is 1. The molecule has 6 nitrogen and oxygen atoms in total. The molecule has 0 bridgehead atoms. The summed E-state index contributed by atoms with van der Waals surface area (Å²) in [5, 5.41) is 6.09. The van der Waals surface area contributed by atoms with Crippen LogP contribution in [0.1, 0.15) is 26.3 Å². The zero-order chi connectivity index (χ0) is 18.2. The van der Waals surface area contributed by atoms with Crippen LogP contribution in [0.15, 0.2) is 24.3 Å². The Morgan fingerprint density at radius 1 is 1.08 bits per heavy atom. The molecule has 0 saturated carbocycles. The standard InChI is InChI=1S/C19H30N4O2/c1-4-16-5-7-17(8-6-16)21-18(24)14-22-9-11-23(12-10-22)19(25)13-20-15(2)3/h5-8,15,20H,4,9-14H2,1-3H3,(H,21,24). The molecule has 0 spiro atoms. The van der Waals surface area contributed by atoms with E-state index < -0.39 is 0 Å². The van der Waals surface area contributed by atoms with Gasteiger partial charge in [-0.3, -0.25) is 14.5 Å². The van der Waals surface area contributed by atoms with Crippen molar-refractivity contribution in [3.05, 3.63) is 29.8 Å². The van der Waals surface area contributed by atoms with Crippen molar-refractivity contribution in [3.8, 4) is 0 Å². The zero-order valence-corrected chi connectivity index (χ0v) is 15.5. The first kappa shape index (κ1) is 19.4. The van der Waals surface area contributed by atoms with Crippen LogP contribution in [0.4, 0.5) is 5.69 Å². The van der Waals surface area contributed by atoms with Crippen molar-refractivity contribution in [3.63, 3.8) is 0 Å². The molecule has 1 aromatic carbocycles. The van der Waals surface area contributed by atoms with E-state index in [-0.39, 0.29) is 11.8 Å². The van der Waals surface area contributed by atoms with Crippen molar-refractivity contribution in [1.82, 2.24) is 15.1 Å². The number of rotatable bonds is 7. The summed E-state index contributed by atoms with van der Waals surface area (Å²) in [6.07, 6.45) is 0.990. The second-order valence-corrected chi connectivity index (χ2v) is 6.79. The third-order valence-corrected chi connectivity index (χ3v) is 4.40. The largest absolute Gasteiger partial charge is 0.339 e. The molecule has 1 fully saturated rings. The molecule has 1 aliphatic heterocycles. The van der Waals surface area contributed by atoms with Gasteiger partial charge in [0.15, 0.2) is 0 Å². The monoisotopic (exact) mass is 346 g/mol. The smallest absolute Gasteiger partial charge is 0.238 e. The minimum absolute atomic E-state index is 0.00880. The maximum atomic E-state index is 12.2. The van der Waals surface area contributed by atoms with Crippen molar-refractivity contribution in [2.45, 2.75) is 33.2 Å². The minimum Gasteiger partial charge on any atom is -0.339 e. The number of carbonyl (C=O) groups excluding carboxylic acids is 2. The molecule has 2 N–H and O–H groups in total. The van der Waals surface area contributed by atoms with Crippen molar-refractivity contribution in [2.75, 3.05) is 44.6 Å². The van der Waals surface area contributed by atoms with Gasteiger partial charge in [-0.1, -0.05) is 32.9 Å². The molecular formula is C19H30N4O2. The predicted octanol–water partition coefficient (Wildman–Crippen LogP) is 1.33. The number of amides is 2. The van der Waals surface area contributed by atoms with Gasteiger partial charge in [-0.05, 0) is 24.1 Å². The second kappa shape index (κ2) is 9.53. The molecule has 1 aliphatic rings. The first-order valence-electron chi connectivity index (χ1n) is 9.10.